The molecule has 0 heterocycles. The van der Waals surface area contributed by atoms with Crippen LogP contribution in [0, 0.1) is 5.92 Å². The van der Waals surface area contributed by atoms with Crippen LogP contribution in [0.15, 0.2) is 18.2 Å². The lowest BCUT2D eigenvalue weighted by Crippen LogP contribution is -2.12. The summed E-state index contributed by atoms with van der Waals surface area (Å²) in [6.07, 6.45) is 2.37. The van der Waals surface area contributed by atoms with Gasteiger partial charge in [0.25, 0.3) is 0 Å². The fraction of sp³-hybridized carbons (Fsp3) is 0.571. The molecule has 1 aliphatic rings. The summed E-state index contributed by atoms with van der Waals surface area (Å²) in [6, 6.07) is 7.04. The highest BCUT2D eigenvalue weighted by atomic mass is 16.5. The van der Waals surface area contributed by atoms with Gasteiger partial charge in [0.1, 0.15) is 5.75 Å². The molecular formula is C14H21NO. The summed E-state index contributed by atoms with van der Waals surface area (Å²) in [5.74, 6) is 1.60. The minimum Gasteiger partial charge on any atom is -0.493 e. The van der Waals surface area contributed by atoms with E-state index in [1.807, 2.05) is 7.05 Å². The fourth-order valence-corrected chi connectivity index (χ4v) is 2.25. The quantitative estimate of drug-likeness (QED) is 0.840. The van der Waals surface area contributed by atoms with E-state index in [4.69, 9.17) is 4.74 Å². The lowest BCUT2D eigenvalue weighted by molar-refractivity contribution is 0.271. The van der Waals surface area contributed by atoms with E-state index in [2.05, 4.69) is 37.4 Å². The zero-order chi connectivity index (χ0) is 11.5. The highest BCUT2D eigenvalue weighted by Crippen LogP contribution is 2.33. The van der Waals surface area contributed by atoms with E-state index in [0.717, 1.165) is 12.4 Å². The molecule has 0 radical (unpaired) electrons. The van der Waals surface area contributed by atoms with Crippen LogP contribution >= 0.6 is 0 Å². The van der Waals surface area contributed by atoms with Crippen LogP contribution in [0.3, 0.4) is 0 Å². The van der Waals surface area contributed by atoms with Crippen LogP contribution in [0.2, 0.25) is 0 Å². The molecule has 1 unspecified atom stereocenters. The van der Waals surface area contributed by atoms with Crippen LogP contribution in [0.4, 0.5) is 0 Å². The highest BCUT2D eigenvalue weighted by Gasteiger charge is 2.20. The zero-order valence-corrected chi connectivity index (χ0v) is 10.4. The minimum absolute atomic E-state index is 0.536. The molecule has 1 aliphatic carbocycles. The molecule has 0 saturated heterocycles. The van der Waals surface area contributed by atoms with Crippen LogP contribution in [0.25, 0.3) is 0 Å². The molecule has 1 atom stereocenters. The molecule has 0 aliphatic heterocycles. The van der Waals surface area contributed by atoms with Gasteiger partial charge in [-0.05, 0) is 49.1 Å². The summed E-state index contributed by atoms with van der Waals surface area (Å²) < 4.78 is 5.74. The molecule has 1 aromatic carbocycles. The van der Waals surface area contributed by atoms with E-state index < -0.39 is 0 Å². The van der Waals surface area contributed by atoms with Gasteiger partial charge < -0.3 is 10.1 Å². The molecule has 0 fully saturated rings. The number of nitrogens with one attached hydrogen (secondary N) is 1. The maximum Gasteiger partial charge on any atom is 0.119 e. The first-order valence-corrected chi connectivity index (χ1v) is 6.13. The summed E-state index contributed by atoms with van der Waals surface area (Å²) >= 11 is 0. The zero-order valence-electron chi connectivity index (χ0n) is 10.4. The Hall–Kier alpha value is -1.02. The summed E-state index contributed by atoms with van der Waals surface area (Å²) in [4.78, 5) is 0. The number of aryl methyl sites for hydroxylation is 1. The van der Waals surface area contributed by atoms with Crippen molar-refractivity contribution in [2.45, 2.75) is 32.7 Å². The molecule has 2 rings (SSSR count). The van der Waals surface area contributed by atoms with Gasteiger partial charge in [0, 0.05) is 6.04 Å². The van der Waals surface area contributed by atoms with Gasteiger partial charge in [0.2, 0.25) is 0 Å². The SMILES string of the molecule is CNC1CCc2cc(OCC(C)C)ccc21. The predicted molar refractivity (Wildman–Crippen MR) is 66.9 cm³/mol. The summed E-state index contributed by atoms with van der Waals surface area (Å²) in [5, 5.41) is 3.35. The second-order valence-corrected chi connectivity index (χ2v) is 4.95. The van der Waals surface area contributed by atoms with Gasteiger partial charge in [-0.1, -0.05) is 19.9 Å². The van der Waals surface area contributed by atoms with E-state index in [0.29, 0.717) is 12.0 Å². The smallest absolute Gasteiger partial charge is 0.119 e. The average Bonchev–Trinajstić information content (AvgIpc) is 2.68. The van der Waals surface area contributed by atoms with Crippen LogP contribution < -0.4 is 10.1 Å². The third-order valence-electron chi connectivity index (χ3n) is 3.12. The first kappa shape index (κ1) is 11.5. The van der Waals surface area contributed by atoms with Gasteiger partial charge in [-0.2, -0.15) is 0 Å². The van der Waals surface area contributed by atoms with Crippen LogP contribution in [0.1, 0.15) is 37.4 Å². The Morgan fingerprint density at radius 3 is 2.94 bits per heavy atom. The van der Waals surface area contributed by atoms with Crippen LogP contribution in [-0.2, 0) is 6.42 Å². The normalized spacial score (nSPS) is 18.9. The molecule has 0 spiro atoms. The van der Waals surface area contributed by atoms with Crippen molar-refractivity contribution in [3.8, 4) is 5.75 Å². The molecule has 1 N–H and O–H groups in total. The van der Waals surface area contributed by atoms with Crippen molar-refractivity contribution >= 4 is 0 Å². The Balaban J connectivity index is 2.09. The van der Waals surface area contributed by atoms with E-state index in [9.17, 15) is 0 Å². The molecule has 0 saturated carbocycles. The minimum atomic E-state index is 0.536. The van der Waals surface area contributed by atoms with Crippen molar-refractivity contribution < 1.29 is 4.74 Å². The van der Waals surface area contributed by atoms with Gasteiger partial charge in [-0.25, -0.2) is 0 Å². The maximum absolute atomic E-state index is 5.74. The van der Waals surface area contributed by atoms with Crippen LogP contribution in [-0.4, -0.2) is 13.7 Å². The van der Waals surface area contributed by atoms with E-state index in [1.165, 1.54) is 24.0 Å². The van der Waals surface area contributed by atoms with Gasteiger partial charge >= 0.3 is 0 Å². The molecule has 0 aromatic heterocycles. The Morgan fingerprint density at radius 1 is 1.44 bits per heavy atom. The summed E-state index contributed by atoms with van der Waals surface area (Å²) in [5.41, 5.74) is 2.89. The fourth-order valence-electron chi connectivity index (χ4n) is 2.25. The highest BCUT2D eigenvalue weighted by molar-refractivity contribution is 5.40. The molecule has 2 nitrogen and oxygen atoms in total. The molecule has 88 valence electrons. The molecule has 0 amide bonds. The molecule has 1 aromatic rings. The number of ether oxygens (including phenoxy) is 1. The van der Waals surface area contributed by atoms with Gasteiger partial charge in [0.05, 0.1) is 6.61 Å². The Bertz CT molecular complexity index is 360. The standard InChI is InChI=1S/C14H21NO/c1-10(2)9-16-12-5-6-13-11(8-12)4-7-14(13)15-3/h5-6,8,10,14-15H,4,7,9H2,1-3H3. The maximum atomic E-state index is 5.74. The van der Waals surface area contributed by atoms with Crippen molar-refractivity contribution in [3.05, 3.63) is 29.3 Å². The Kier molecular flexibility index (Phi) is 3.49. The summed E-state index contributed by atoms with van der Waals surface area (Å²) in [7, 11) is 2.03. The molecule has 0 bridgehead atoms. The Labute approximate surface area is 98.0 Å². The molecule has 16 heavy (non-hydrogen) atoms. The summed E-state index contributed by atoms with van der Waals surface area (Å²) in [6.45, 7) is 5.14. The van der Waals surface area contributed by atoms with E-state index >= 15 is 0 Å². The largest absolute Gasteiger partial charge is 0.493 e. The van der Waals surface area contributed by atoms with Gasteiger partial charge in [0.15, 0.2) is 0 Å². The second kappa shape index (κ2) is 4.88. The van der Waals surface area contributed by atoms with Crippen molar-refractivity contribution in [1.29, 1.82) is 0 Å². The lowest BCUT2D eigenvalue weighted by atomic mass is 10.1. The van der Waals surface area contributed by atoms with Crippen molar-refractivity contribution in [2.24, 2.45) is 5.92 Å². The second-order valence-electron chi connectivity index (χ2n) is 4.95. The van der Waals surface area contributed by atoms with Crippen molar-refractivity contribution in [2.75, 3.05) is 13.7 Å². The predicted octanol–water partition coefficient (Wildman–Crippen LogP) is 2.93. The van der Waals surface area contributed by atoms with Gasteiger partial charge in [-0.15, -0.1) is 0 Å². The third-order valence-corrected chi connectivity index (χ3v) is 3.12. The van der Waals surface area contributed by atoms with Gasteiger partial charge in [-0.3, -0.25) is 0 Å². The van der Waals surface area contributed by atoms with Crippen LogP contribution in [0.5, 0.6) is 5.75 Å². The topological polar surface area (TPSA) is 21.3 Å². The number of rotatable bonds is 4. The lowest BCUT2D eigenvalue weighted by Gasteiger charge is -2.12. The Morgan fingerprint density at radius 2 is 2.25 bits per heavy atom. The number of hydrogen-bond donors (Lipinski definition) is 1. The number of fused-ring (bicyclic) bond motifs is 1. The number of hydrogen-bond acceptors (Lipinski definition) is 2. The molecular weight excluding hydrogens is 198 g/mol. The third kappa shape index (κ3) is 2.38. The number of benzene rings is 1. The first-order valence-electron chi connectivity index (χ1n) is 6.13. The van der Waals surface area contributed by atoms with Crippen molar-refractivity contribution in [1.82, 2.24) is 5.32 Å². The molecule has 2 heteroatoms. The monoisotopic (exact) mass is 219 g/mol. The van der Waals surface area contributed by atoms with E-state index in [1.54, 1.807) is 0 Å². The van der Waals surface area contributed by atoms with Crippen molar-refractivity contribution in [3.63, 3.8) is 0 Å². The first-order chi connectivity index (χ1) is 7.70. The average molecular weight is 219 g/mol. The van der Waals surface area contributed by atoms with E-state index in [-0.39, 0.29) is 0 Å².